The van der Waals surface area contributed by atoms with E-state index in [2.05, 4.69) is 10.2 Å². The first-order valence-corrected chi connectivity index (χ1v) is 15.2. The molecule has 2 aliphatic carbocycles. The average molecular weight is 521 g/mol. The predicted octanol–water partition coefficient (Wildman–Crippen LogP) is 5.97. The lowest BCUT2D eigenvalue weighted by molar-refractivity contribution is -0.147. The number of rotatable bonds is 5. The summed E-state index contributed by atoms with van der Waals surface area (Å²) >= 11 is 0. The zero-order valence-corrected chi connectivity index (χ0v) is 23.0. The van der Waals surface area contributed by atoms with Gasteiger partial charge in [-0.05, 0) is 63.5 Å². The Balaban J connectivity index is 1.33. The van der Waals surface area contributed by atoms with E-state index >= 15 is 0 Å². The van der Waals surface area contributed by atoms with E-state index in [-0.39, 0.29) is 17.6 Å². The summed E-state index contributed by atoms with van der Waals surface area (Å²) in [6, 6.07) is 9.97. The molecule has 2 bridgehead atoms. The monoisotopic (exact) mass is 520 g/mol. The van der Waals surface area contributed by atoms with Gasteiger partial charge in [0, 0.05) is 24.2 Å². The van der Waals surface area contributed by atoms with Crippen LogP contribution in [0, 0.1) is 0 Å². The van der Waals surface area contributed by atoms with Crippen molar-refractivity contribution < 1.29 is 9.53 Å². The number of benzene rings is 1. The maximum Gasteiger partial charge on any atom is 0.331 e. The fraction of sp³-hybridized carbons (Fsp3) is 0.710. The van der Waals surface area contributed by atoms with Gasteiger partial charge >= 0.3 is 5.97 Å². The molecule has 6 rings (SSSR count). The standard InChI is InChI=1S/C31H44N4O3/c1-38-30(37)31(18-10-5-11-19-31)33-28-29(36)35(27-15-9-8-14-26(27)32-28)25-20-23-16-17-24(21-25)34(23)22-12-6-3-2-4-7-13-22/h8-9,14-15,22-25H,2-7,10-13,16-21H2,1H3,(H,32,33). The molecular weight excluding hydrogens is 476 g/mol. The number of carbonyl (C=O) groups is 1. The van der Waals surface area contributed by atoms with Crippen molar-refractivity contribution in [3.63, 3.8) is 0 Å². The zero-order chi connectivity index (χ0) is 26.1. The van der Waals surface area contributed by atoms with Gasteiger partial charge in [0.25, 0.3) is 5.56 Å². The van der Waals surface area contributed by atoms with Gasteiger partial charge in [0.2, 0.25) is 0 Å². The number of nitrogens with zero attached hydrogens (tertiary/aromatic N) is 3. The van der Waals surface area contributed by atoms with Crippen LogP contribution in [-0.4, -0.2) is 51.2 Å². The van der Waals surface area contributed by atoms with E-state index in [4.69, 9.17) is 9.72 Å². The number of anilines is 1. The molecule has 38 heavy (non-hydrogen) atoms. The summed E-state index contributed by atoms with van der Waals surface area (Å²) < 4.78 is 7.25. The number of fused-ring (bicyclic) bond motifs is 3. The molecule has 0 spiro atoms. The minimum Gasteiger partial charge on any atom is -0.467 e. The van der Waals surface area contributed by atoms with Crippen LogP contribution < -0.4 is 10.9 Å². The van der Waals surface area contributed by atoms with E-state index in [1.54, 1.807) is 0 Å². The van der Waals surface area contributed by atoms with Crippen LogP contribution in [-0.2, 0) is 9.53 Å². The molecule has 0 amide bonds. The normalized spacial score (nSPS) is 28.5. The third-order valence-electron chi connectivity index (χ3n) is 10.1. The number of methoxy groups -OCH3 is 1. The molecule has 7 heteroatoms. The van der Waals surface area contributed by atoms with Crippen molar-refractivity contribution in [2.75, 3.05) is 12.4 Å². The first-order chi connectivity index (χ1) is 18.6. The van der Waals surface area contributed by atoms with Crippen molar-refractivity contribution in [2.45, 2.75) is 132 Å². The average Bonchev–Trinajstić information content (AvgIpc) is 3.17. The van der Waals surface area contributed by atoms with E-state index in [0.29, 0.717) is 36.8 Å². The van der Waals surface area contributed by atoms with E-state index in [0.717, 1.165) is 43.1 Å². The van der Waals surface area contributed by atoms with Crippen LogP contribution in [0.3, 0.4) is 0 Å². The molecule has 206 valence electrons. The van der Waals surface area contributed by atoms with E-state index in [9.17, 15) is 9.59 Å². The first kappa shape index (κ1) is 25.8. The quantitative estimate of drug-likeness (QED) is 0.490. The molecule has 2 unspecified atom stereocenters. The van der Waals surface area contributed by atoms with Crippen LogP contribution >= 0.6 is 0 Å². The number of para-hydroxylation sites is 2. The van der Waals surface area contributed by atoms with Gasteiger partial charge in [-0.2, -0.15) is 0 Å². The summed E-state index contributed by atoms with van der Waals surface area (Å²) in [5.74, 6) is 0.00876. The van der Waals surface area contributed by atoms with Crippen molar-refractivity contribution >= 4 is 22.8 Å². The lowest BCUT2D eigenvalue weighted by atomic mass is 9.81. The van der Waals surface area contributed by atoms with Crippen molar-refractivity contribution in [3.8, 4) is 0 Å². The Bertz CT molecular complexity index is 1180. The highest BCUT2D eigenvalue weighted by Gasteiger charge is 2.45. The Morgan fingerprint density at radius 3 is 2.18 bits per heavy atom. The lowest BCUT2D eigenvalue weighted by Gasteiger charge is -2.45. The van der Waals surface area contributed by atoms with Gasteiger partial charge in [-0.1, -0.05) is 63.5 Å². The minimum atomic E-state index is -0.875. The van der Waals surface area contributed by atoms with Crippen molar-refractivity contribution in [2.24, 2.45) is 0 Å². The molecule has 1 N–H and O–H groups in total. The largest absolute Gasteiger partial charge is 0.467 e. The van der Waals surface area contributed by atoms with Gasteiger partial charge in [-0.15, -0.1) is 0 Å². The molecule has 0 radical (unpaired) electrons. The highest BCUT2D eigenvalue weighted by molar-refractivity contribution is 5.85. The zero-order valence-electron chi connectivity index (χ0n) is 23.0. The molecule has 2 saturated heterocycles. The molecule has 1 aromatic carbocycles. The van der Waals surface area contributed by atoms with Gasteiger partial charge in [-0.3, -0.25) is 9.69 Å². The Morgan fingerprint density at radius 2 is 1.50 bits per heavy atom. The topological polar surface area (TPSA) is 76.5 Å². The number of esters is 1. The molecule has 7 nitrogen and oxygen atoms in total. The molecule has 4 fully saturated rings. The molecule has 2 aliphatic heterocycles. The molecule has 2 aromatic rings. The Labute approximate surface area is 226 Å². The number of nitrogens with one attached hydrogen (secondary N) is 1. The van der Waals surface area contributed by atoms with Crippen LogP contribution in [0.1, 0.15) is 109 Å². The van der Waals surface area contributed by atoms with Crippen LogP contribution in [0.25, 0.3) is 11.0 Å². The Morgan fingerprint density at radius 1 is 0.868 bits per heavy atom. The second-order valence-electron chi connectivity index (χ2n) is 12.3. The Hall–Kier alpha value is -2.41. The molecule has 3 heterocycles. The summed E-state index contributed by atoms with van der Waals surface area (Å²) in [4.78, 5) is 34.8. The summed E-state index contributed by atoms with van der Waals surface area (Å²) in [5, 5.41) is 3.37. The van der Waals surface area contributed by atoms with Gasteiger partial charge < -0.3 is 14.6 Å². The third-order valence-corrected chi connectivity index (χ3v) is 10.1. The predicted molar refractivity (Wildman–Crippen MR) is 150 cm³/mol. The highest BCUT2D eigenvalue weighted by atomic mass is 16.5. The van der Waals surface area contributed by atoms with E-state index in [1.165, 1.54) is 64.9 Å². The third kappa shape index (κ3) is 4.76. The van der Waals surface area contributed by atoms with Crippen molar-refractivity contribution in [3.05, 3.63) is 34.6 Å². The molecule has 2 atom stereocenters. The van der Waals surface area contributed by atoms with Crippen LogP contribution in [0.15, 0.2) is 29.1 Å². The summed E-state index contributed by atoms with van der Waals surface area (Å²) in [7, 11) is 1.44. The maximum absolute atomic E-state index is 14.2. The molecular formula is C31H44N4O3. The number of ether oxygens (including phenoxy) is 1. The Kier molecular flexibility index (Phi) is 7.48. The number of hydrogen-bond acceptors (Lipinski definition) is 6. The van der Waals surface area contributed by atoms with Crippen LogP contribution in [0.2, 0.25) is 0 Å². The molecule has 1 aromatic heterocycles. The SMILES string of the molecule is COC(=O)C1(Nc2nc3ccccc3n(C3CC4CCC(C3)N4C3CCCCCCC3)c2=O)CCCCC1. The van der Waals surface area contributed by atoms with Gasteiger partial charge in [-0.25, -0.2) is 9.78 Å². The smallest absolute Gasteiger partial charge is 0.331 e. The fourth-order valence-corrected chi connectivity index (χ4v) is 8.28. The number of piperidine rings is 1. The maximum atomic E-state index is 14.2. The summed E-state index contributed by atoms with van der Waals surface area (Å²) in [5.41, 5.74) is 0.740. The molecule has 2 saturated carbocycles. The first-order valence-electron chi connectivity index (χ1n) is 15.2. The summed E-state index contributed by atoms with van der Waals surface area (Å²) in [6.07, 6.45) is 18.3. The van der Waals surface area contributed by atoms with E-state index in [1.807, 2.05) is 28.8 Å². The number of aromatic nitrogens is 2. The lowest BCUT2D eigenvalue weighted by Crippen LogP contribution is -2.51. The minimum absolute atomic E-state index is 0.0960. The second kappa shape index (κ2) is 11.0. The van der Waals surface area contributed by atoms with Gasteiger partial charge in [0.15, 0.2) is 5.82 Å². The highest BCUT2D eigenvalue weighted by Crippen LogP contribution is 2.44. The number of carbonyl (C=O) groups excluding carboxylic acids is 1. The van der Waals surface area contributed by atoms with E-state index < -0.39 is 5.54 Å². The van der Waals surface area contributed by atoms with Crippen molar-refractivity contribution in [1.82, 2.24) is 14.5 Å². The number of hydrogen-bond donors (Lipinski definition) is 1. The van der Waals surface area contributed by atoms with Gasteiger partial charge in [0.1, 0.15) is 5.54 Å². The second-order valence-corrected chi connectivity index (χ2v) is 12.3. The van der Waals surface area contributed by atoms with Crippen molar-refractivity contribution in [1.29, 1.82) is 0 Å². The fourth-order valence-electron chi connectivity index (χ4n) is 8.28. The molecule has 4 aliphatic rings. The van der Waals surface area contributed by atoms with Gasteiger partial charge in [0.05, 0.1) is 18.1 Å². The summed E-state index contributed by atoms with van der Waals surface area (Å²) in [6.45, 7) is 0. The van der Waals surface area contributed by atoms with Crippen LogP contribution in [0.4, 0.5) is 5.82 Å². The van der Waals surface area contributed by atoms with Crippen LogP contribution in [0.5, 0.6) is 0 Å².